The normalized spacial score (nSPS) is 15.9. The molecular formula is C25H25N5O4S. The van der Waals surface area contributed by atoms with Gasteiger partial charge in [-0.05, 0) is 42.7 Å². The van der Waals surface area contributed by atoms with Gasteiger partial charge in [0.25, 0.3) is 5.91 Å². The van der Waals surface area contributed by atoms with Crippen LogP contribution in [-0.4, -0.2) is 48.3 Å². The van der Waals surface area contributed by atoms with Gasteiger partial charge in [0.05, 0.1) is 23.1 Å². The number of pyridine rings is 1. The molecule has 3 heterocycles. The first kappa shape index (κ1) is 23.2. The van der Waals surface area contributed by atoms with Gasteiger partial charge in [0.1, 0.15) is 0 Å². The Morgan fingerprint density at radius 3 is 2.83 bits per heavy atom. The summed E-state index contributed by atoms with van der Waals surface area (Å²) >= 11 is 0. The van der Waals surface area contributed by atoms with Crippen molar-refractivity contribution in [2.75, 3.05) is 18.5 Å². The van der Waals surface area contributed by atoms with Crippen LogP contribution in [0, 0.1) is 0 Å². The van der Waals surface area contributed by atoms with Crippen molar-refractivity contribution >= 4 is 32.7 Å². The fourth-order valence-electron chi connectivity index (χ4n) is 4.07. The van der Waals surface area contributed by atoms with Crippen LogP contribution in [0.3, 0.4) is 0 Å². The molecule has 0 radical (unpaired) electrons. The van der Waals surface area contributed by atoms with Gasteiger partial charge in [-0.15, -0.1) is 0 Å². The summed E-state index contributed by atoms with van der Waals surface area (Å²) in [4.78, 5) is 17.3. The number of ether oxygens (including phenoxy) is 1. The van der Waals surface area contributed by atoms with E-state index in [2.05, 4.69) is 20.1 Å². The first-order valence-electron chi connectivity index (χ1n) is 11.4. The smallest absolute Gasteiger partial charge is 0.256 e. The topological polar surface area (TPSA) is 115 Å². The van der Waals surface area contributed by atoms with Crippen LogP contribution in [-0.2, 0) is 21.3 Å². The van der Waals surface area contributed by atoms with Crippen molar-refractivity contribution in [1.82, 2.24) is 19.5 Å². The van der Waals surface area contributed by atoms with E-state index in [1.165, 1.54) is 12.1 Å². The zero-order valence-electron chi connectivity index (χ0n) is 18.9. The molecule has 0 bridgehead atoms. The molecule has 4 aromatic rings. The van der Waals surface area contributed by atoms with Crippen molar-refractivity contribution in [3.63, 3.8) is 0 Å². The molecule has 2 aromatic heterocycles. The molecule has 1 fully saturated rings. The molecule has 0 saturated carbocycles. The Morgan fingerprint density at radius 2 is 1.97 bits per heavy atom. The van der Waals surface area contributed by atoms with E-state index in [0.717, 1.165) is 29.3 Å². The number of hydrogen-bond donors (Lipinski definition) is 2. The molecule has 1 aliphatic heterocycles. The maximum atomic E-state index is 12.8. The molecule has 0 spiro atoms. The monoisotopic (exact) mass is 491 g/mol. The summed E-state index contributed by atoms with van der Waals surface area (Å²) in [6, 6.07) is 17.5. The number of nitrogens with one attached hydrogen (secondary N) is 2. The van der Waals surface area contributed by atoms with E-state index in [9.17, 15) is 13.2 Å². The van der Waals surface area contributed by atoms with E-state index in [0.29, 0.717) is 19.0 Å². The molecule has 1 atom stereocenters. The third-order valence-electron chi connectivity index (χ3n) is 5.86. The minimum atomic E-state index is -3.76. The highest BCUT2D eigenvalue weighted by atomic mass is 32.2. The van der Waals surface area contributed by atoms with Crippen LogP contribution in [0.4, 0.5) is 5.82 Å². The van der Waals surface area contributed by atoms with E-state index >= 15 is 0 Å². The molecule has 180 valence electrons. The van der Waals surface area contributed by atoms with Crippen molar-refractivity contribution in [3.8, 4) is 0 Å². The first-order valence-corrected chi connectivity index (χ1v) is 12.8. The average Bonchev–Trinajstić information content (AvgIpc) is 3.55. The molecular weight excluding hydrogens is 466 g/mol. The van der Waals surface area contributed by atoms with Crippen molar-refractivity contribution in [2.45, 2.75) is 30.4 Å². The quantitative estimate of drug-likeness (QED) is 0.391. The Bertz CT molecular complexity index is 1460. The fraction of sp³-hybridized carbons (Fsp3) is 0.240. The Morgan fingerprint density at radius 1 is 1.11 bits per heavy atom. The van der Waals surface area contributed by atoms with Gasteiger partial charge in [-0.1, -0.05) is 30.3 Å². The van der Waals surface area contributed by atoms with Crippen LogP contribution in [0.25, 0.3) is 10.9 Å². The van der Waals surface area contributed by atoms with Crippen LogP contribution in [0.1, 0.15) is 28.8 Å². The molecule has 35 heavy (non-hydrogen) atoms. The van der Waals surface area contributed by atoms with Gasteiger partial charge >= 0.3 is 0 Å². The summed E-state index contributed by atoms with van der Waals surface area (Å²) in [5.41, 5.74) is 2.14. The molecule has 10 heteroatoms. The van der Waals surface area contributed by atoms with Crippen molar-refractivity contribution < 1.29 is 17.9 Å². The molecule has 1 amide bonds. The first-order chi connectivity index (χ1) is 17.0. The number of sulfonamides is 1. The number of nitrogens with zero attached hydrogens (tertiary/aromatic N) is 3. The van der Waals surface area contributed by atoms with Gasteiger partial charge in [-0.25, -0.2) is 13.1 Å². The second-order valence-electron chi connectivity index (χ2n) is 8.36. The van der Waals surface area contributed by atoms with Gasteiger partial charge in [0.15, 0.2) is 5.82 Å². The summed E-state index contributed by atoms with van der Waals surface area (Å²) in [5.74, 6) is -0.0776. The SMILES string of the molecule is O=C(Nc1ccn(Cc2cccc3cccnc23)n1)c1cccc(S(=O)(=O)NCC2CCCO2)c1. The zero-order chi connectivity index (χ0) is 24.3. The standard InChI is InChI=1S/C25H25N5O4S/c31-25(19-6-2-10-22(15-19)35(32,33)27-16-21-9-4-14-34-21)28-23-11-13-30(29-23)17-20-7-1-5-18-8-3-12-26-24(18)20/h1-3,5-8,10-13,15,21,27H,4,9,14,16-17H2,(H,28,29,31). The number of aromatic nitrogens is 3. The molecule has 1 unspecified atom stereocenters. The van der Waals surface area contributed by atoms with Gasteiger partial charge in [0.2, 0.25) is 10.0 Å². The highest BCUT2D eigenvalue weighted by Crippen LogP contribution is 2.18. The summed E-state index contributed by atoms with van der Waals surface area (Å²) in [6.07, 6.45) is 5.17. The van der Waals surface area contributed by atoms with Crippen LogP contribution in [0.15, 0.2) is 78.0 Å². The molecule has 2 N–H and O–H groups in total. The largest absolute Gasteiger partial charge is 0.377 e. The minimum absolute atomic E-state index is 0.0251. The van der Waals surface area contributed by atoms with Crippen LogP contribution < -0.4 is 10.0 Å². The Hall–Kier alpha value is -3.60. The number of benzene rings is 2. The van der Waals surface area contributed by atoms with Gasteiger partial charge in [-0.2, -0.15) is 5.10 Å². The lowest BCUT2D eigenvalue weighted by Gasteiger charge is -2.12. The Labute approximate surface area is 203 Å². The summed E-state index contributed by atoms with van der Waals surface area (Å²) in [6.45, 7) is 1.35. The average molecular weight is 492 g/mol. The molecule has 2 aromatic carbocycles. The van der Waals surface area contributed by atoms with Gasteiger partial charge in [0, 0.05) is 42.6 Å². The van der Waals surface area contributed by atoms with Crippen molar-refractivity contribution in [3.05, 3.63) is 84.2 Å². The van der Waals surface area contributed by atoms with Crippen LogP contribution in [0.2, 0.25) is 0 Å². The number of anilines is 1. The molecule has 9 nitrogen and oxygen atoms in total. The number of carbonyl (C=O) groups excluding carboxylic acids is 1. The van der Waals surface area contributed by atoms with E-state index in [1.54, 1.807) is 35.3 Å². The third-order valence-corrected chi connectivity index (χ3v) is 7.28. The van der Waals surface area contributed by atoms with E-state index in [-0.39, 0.29) is 23.1 Å². The number of hydrogen-bond acceptors (Lipinski definition) is 6. The Balaban J connectivity index is 1.25. The lowest BCUT2D eigenvalue weighted by Crippen LogP contribution is -2.32. The predicted molar refractivity (Wildman–Crippen MR) is 132 cm³/mol. The molecule has 0 aliphatic carbocycles. The number of para-hydroxylation sites is 1. The number of fused-ring (bicyclic) bond motifs is 1. The van der Waals surface area contributed by atoms with Crippen molar-refractivity contribution in [1.29, 1.82) is 0 Å². The molecule has 5 rings (SSSR count). The summed E-state index contributed by atoms with van der Waals surface area (Å²) < 4.78 is 35.1. The van der Waals surface area contributed by atoms with E-state index in [1.807, 2.05) is 30.3 Å². The summed E-state index contributed by atoms with van der Waals surface area (Å²) in [5, 5.41) is 8.22. The Kier molecular flexibility index (Phi) is 6.58. The zero-order valence-corrected chi connectivity index (χ0v) is 19.7. The third kappa shape index (κ3) is 5.40. The van der Waals surface area contributed by atoms with Crippen molar-refractivity contribution in [2.24, 2.45) is 0 Å². The minimum Gasteiger partial charge on any atom is -0.377 e. The second-order valence-corrected chi connectivity index (χ2v) is 10.1. The summed E-state index contributed by atoms with van der Waals surface area (Å²) in [7, 11) is -3.76. The predicted octanol–water partition coefficient (Wildman–Crippen LogP) is 3.19. The van der Waals surface area contributed by atoms with Crippen LogP contribution >= 0.6 is 0 Å². The van der Waals surface area contributed by atoms with Crippen LogP contribution in [0.5, 0.6) is 0 Å². The van der Waals surface area contributed by atoms with Gasteiger partial charge < -0.3 is 10.1 Å². The highest BCUT2D eigenvalue weighted by molar-refractivity contribution is 7.89. The molecule has 1 saturated heterocycles. The maximum absolute atomic E-state index is 12.8. The fourth-order valence-corrected chi connectivity index (χ4v) is 5.18. The number of rotatable bonds is 8. The number of carbonyl (C=O) groups is 1. The lowest BCUT2D eigenvalue weighted by molar-refractivity contribution is 0.102. The van der Waals surface area contributed by atoms with Gasteiger partial charge in [-0.3, -0.25) is 14.5 Å². The molecule has 1 aliphatic rings. The maximum Gasteiger partial charge on any atom is 0.256 e. The lowest BCUT2D eigenvalue weighted by atomic mass is 10.1. The van der Waals surface area contributed by atoms with E-state index < -0.39 is 15.9 Å². The van der Waals surface area contributed by atoms with E-state index in [4.69, 9.17) is 4.74 Å². The highest BCUT2D eigenvalue weighted by Gasteiger charge is 2.21. The second kappa shape index (κ2) is 9.95. The number of amides is 1.